The van der Waals surface area contributed by atoms with Gasteiger partial charge >= 0.3 is 0 Å². The van der Waals surface area contributed by atoms with Gasteiger partial charge in [-0.3, -0.25) is 9.69 Å². The van der Waals surface area contributed by atoms with Crippen LogP contribution in [0.3, 0.4) is 0 Å². The molecule has 2 aromatic heterocycles. The zero-order chi connectivity index (χ0) is 21.8. The van der Waals surface area contributed by atoms with Crippen LogP contribution in [0.4, 0.5) is 5.00 Å². The van der Waals surface area contributed by atoms with Crippen LogP contribution in [0.25, 0.3) is 0 Å². The van der Waals surface area contributed by atoms with Gasteiger partial charge in [0.2, 0.25) is 0 Å². The molecule has 1 saturated heterocycles. The van der Waals surface area contributed by atoms with E-state index in [1.807, 2.05) is 0 Å². The minimum Gasteiger partial charge on any atom is -0.459 e. The van der Waals surface area contributed by atoms with Gasteiger partial charge in [-0.2, -0.15) is 0 Å². The Morgan fingerprint density at radius 3 is 2.48 bits per heavy atom. The summed E-state index contributed by atoms with van der Waals surface area (Å²) in [6, 6.07) is 14.6. The first-order valence-electron chi connectivity index (χ1n) is 11.1. The summed E-state index contributed by atoms with van der Waals surface area (Å²) in [7, 11) is 0. The number of aryl methyl sites for hydroxylation is 2. The molecule has 4 rings (SSSR count). The first-order chi connectivity index (χ1) is 15.1. The summed E-state index contributed by atoms with van der Waals surface area (Å²) in [6.45, 7) is 11.7. The summed E-state index contributed by atoms with van der Waals surface area (Å²) < 4.78 is 5.32. The highest BCUT2D eigenvalue weighted by molar-refractivity contribution is 7.16. The molecule has 1 aromatic carbocycles. The highest BCUT2D eigenvalue weighted by atomic mass is 32.1. The van der Waals surface area contributed by atoms with Gasteiger partial charge in [-0.25, -0.2) is 0 Å². The maximum absolute atomic E-state index is 12.8. The summed E-state index contributed by atoms with van der Waals surface area (Å²) in [4.78, 5) is 19.1. The van der Waals surface area contributed by atoms with Crippen molar-refractivity contribution in [2.75, 3.05) is 38.0 Å². The number of piperazine rings is 1. The molecule has 164 valence electrons. The van der Waals surface area contributed by atoms with Gasteiger partial charge in [-0.05, 0) is 43.7 Å². The molecule has 0 bridgehead atoms. The smallest absolute Gasteiger partial charge is 0.291 e. The number of amides is 1. The molecule has 0 radical (unpaired) electrons. The SMILES string of the molecule is CCc1cc([C@@H](c2ccc(C)cc2)N2CCN(CC)CC2)c(NC(=O)c2ccco2)s1. The summed E-state index contributed by atoms with van der Waals surface area (Å²) in [5, 5.41) is 4.06. The standard InChI is InChI=1S/C25H31N3O2S/c1-4-20-17-21(25(31-20)26-24(29)22-7-6-16-30-22)23(19-10-8-18(3)9-11-19)28-14-12-27(5-2)13-15-28/h6-11,16-17,23H,4-5,12-15H2,1-3H3,(H,26,29)/t23-/m1/s1. The van der Waals surface area contributed by atoms with Crippen LogP contribution in [0.1, 0.15) is 52.0 Å². The maximum Gasteiger partial charge on any atom is 0.291 e. The Morgan fingerprint density at radius 1 is 1.13 bits per heavy atom. The van der Waals surface area contributed by atoms with Gasteiger partial charge < -0.3 is 14.6 Å². The Kier molecular flexibility index (Phi) is 6.90. The molecule has 3 heterocycles. The molecule has 6 heteroatoms. The largest absolute Gasteiger partial charge is 0.459 e. The third-order valence-corrected chi connectivity index (χ3v) is 7.25. The van der Waals surface area contributed by atoms with Gasteiger partial charge in [0.1, 0.15) is 5.00 Å². The van der Waals surface area contributed by atoms with Crippen molar-refractivity contribution in [3.63, 3.8) is 0 Å². The third-order valence-electron chi connectivity index (χ3n) is 6.04. The van der Waals surface area contributed by atoms with E-state index in [0.717, 1.165) is 44.1 Å². The Bertz CT molecular complexity index is 986. The average molecular weight is 438 g/mol. The number of carbonyl (C=O) groups is 1. The van der Waals surface area contributed by atoms with Crippen molar-refractivity contribution in [2.45, 2.75) is 33.2 Å². The van der Waals surface area contributed by atoms with Gasteiger partial charge in [0.25, 0.3) is 5.91 Å². The zero-order valence-corrected chi connectivity index (χ0v) is 19.4. The monoisotopic (exact) mass is 437 g/mol. The molecule has 1 fully saturated rings. The van der Waals surface area contributed by atoms with E-state index in [9.17, 15) is 4.79 Å². The Morgan fingerprint density at radius 2 is 1.87 bits per heavy atom. The average Bonchev–Trinajstić information content (AvgIpc) is 3.46. The van der Waals surface area contributed by atoms with Gasteiger partial charge in [0.15, 0.2) is 5.76 Å². The highest BCUT2D eigenvalue weighted by Gasteiger charge is 2.30. The van der Waals surface area contributed by atoms with E-state index in [4.69, 9.17) is 4.42 Å². The Hall–Kier alpha value is -2.41. The molecule has 5 nitrogen and oxygen atoms in total. The van der Waals surface area contributed by atoms with Crippen LogP contribution in [-0.4, -0.2) is 48.4 Å². The number of carbonyl (C=O) groups excluding carboxylic acids is 1. The second kappa shape index (κ2) is 9.81. The first kappa shape index (κ1) is 21.8. The van der Waals surface area contributed by atoms with Crippen LogP contribution in [0, 0.1) is 6.92 Å². The topological polar surface area (TPSA) is 48.7 Å². The molecule has 0 saturated carbocycles. The van der Waals surface area contributed by atoms with Gasteiger partial charge in [-0.1, -0.05) is 43.7 Å². The van der Waals surface area contributed by atoms with Crippen LogP contribution < -0.4 is 5.32 Å². The van der Waals surface area contributed by atoms with Crippen molar-refractivity contribution in [1.29, 1.82) is 0 Å². The fraction of sp³-hybridized carbons (Fsp3) is 0.400. The van der Waals surface area contributed by atoms with E-state index in [1.165, 1.54) is 27.8 Å². The highest BCUT2D eigenvalue weighted by Crippen LogP contribution is 2.40. The van der Waals surface area contributed by atoms with Crippen LogP contribution in [0.5, 0.6) is 0 Å². The fourth-order valence-corrected chi connectivity index (χ4v) is 5.20. The van der Waals surface area contributed by atoms with E-state index in [1.54, 1.807) is 23.5 Å². The van der Waals surface area contributed by atoms with E-state index < -0.39 is 0 Å². The lowest BCUT2D eigenvalue weighted by molar-refractivity contribution is 0.0995. The summed E-state index contributed by atoms with van der Waals surface area (Å²) in [5.41, 5.74) is 3.70. The van der Waals surface area contributed by atoms with Gasteiger partial charge in [0.05, 0.1) is 12.3 Å². The number of nitrogens with zero attached hydrogens (tertiary/aromatic N) is 2. The van der Waals surface area contributed by atoms with Crippen LogP contribution in [0.15, 0.2) is 53.1 Å². The number of thiophene rings is 1. The molecule has 0 aliphatic carbocycles. The lowest BCUT2D eigenvalue weighted by Gasteiger charge is -2.39. The zero-order valence-electron chi connectivity index (χ0n) is 18.6. The molecular weight excluding hydrogens is 406 g/mol. The second-order valence-electron chi connectivity index (χ2n) is 8.07. The molecule has 31 heavy (non-hydrogen) atoms. The fourth-order valence-electron chi connectivity index (χ4n) is 4.18. The third kappa shape index (κ3) is 4.92. The van der Waals surface area contributed by atoms with E-state index in [2.05, 4.69) is 66.2 Å². The summed E-state index contributed by atoms with van der Waals surface area (Å²) in [5.74, 6) is 0.134. The molecule has 1 amide bonds. The predicted molar refractivity (Wildman–Crippen MR) is 127 cm³/mol. The lowest BCUT2D eigenvalue weighted by Crippen LogP contribution is -2.47. The van der Waals surface area contributed by atoms with Crippen LogP contribution in [-0.2, 0) is 6.42 Å². The number of likely N-dealkylation sites (N-methyl/N-ethyl adjacent to an activating group) is 1. The molecule has 1 N–H and O–H groups in total. The minimum atomic E-state index is -0.200. The quantitative estimate of drug-likeness (QED) is 0.553. The van der Waals surface area contributed by atoms with E-state index in [0.29, 0.717) is 5.76 Å². The number of nitrogens with one attached hydrogen (secondary N) is 1. The van der Waals surface area contributed by atoms with Crippen molar-refractivity contribution in [3.05, 3.63) is 76.1 Å². The van der Waals surface area contributed by atoms with Crippen molar-refractivity contribution < 1.29 is 9.21 Å². The van der Waals surface area contributed by atoms with Crippen molar-refractivity contribution in [2.24, 2.45) is 0 Å². The van der Waals surface area contributed by atoms with Gasteiger partial charge in [-0.15, -0.1) is 11.3 Å². The van der Waals surface area contributed by atoms with E-state index >= 15 is 0 Å². The Labute approximate surface area is 188 Å². The molecule has 3 aromatic rings. The minimum absolute atomic E-state index is 0.114. The molecule has 1 aliphatic heterocycles. The summed E-state index contributed by atoms with van der Waals surface area (Å²) in [6.07, 6.45) is 2.47. The molecule has 1 atom stereocenters. The van der Waals surface area contributed by atoms with Crippen LogP contribution in [0.2, 0.25) is 0 Å². The number of benzene rings is 1. The predicted octanol–water partition coefficient (Wildman–Crippen LogP) is 5.19. The van der Waals surface area contributed by atoms with Crippen molar-refractivity contribution in [3.8, 4) is 0 Å². The number of rotatable bonds is 7. The number of anilines is 1. The molecule has 0 unspecified atom stereocenters. The lowest BCUT2D eigenvalue weighted by atomic mass is 9.96. The summed E-state index contributed by atoms with van der Waals surface area (Å²) >= 11 is 1.67. The van der Waals surface area contributed by atoms with Crippen LogP contribution >= 0.6 is 11.3 Å². The Balaban J connectivity index is 1.71. The van der Waals surface area contributed by atoms with Crippen molar-refractivity contribution >= 4 is 22.2 Å². The number of hydrogen-bond acceptors (Lipinski definition) is 5. The molecule has 0 spiro atoms. The van der Waals surface area contributed by atoms with Gasteiger partial charge in [0, 0.05) is 36.6 Å². The normalized spacial score (nSPS) is 16.4. The number of furan rings is 1. The molecular formula is C25H31N3O2S. The first-order valence-corrected chi connectivity index (χ1v) is 11.9. The number of hydrogen-bond donors (Lipinski definition) is 1. The van der Waals surface area contributed by atoms with Crippen molar-refractivity contribution in [1.82, 2.24) is 9.80 Å². The second-order valence-corrected chi connectivity index (χ2v) is 9.20. The van der Waals surface area contributed by atoms with E-state index in [-0.39, 0.29) is 11.9 Å². The molecule has 1 aliphatic rings. The maximum atomic E-state index is 12.8.